The summed E-state index contributed by atoms with van der Waals surface area (Å²) in [7, 11) is 0. The van der Waals surface area contributed by atoms with Crippen LogP contribution in [0.4, 0.5) is 0 Å². The quantitative estimate of drug-likeness (QED) is 0.431. The van der Waals surface area contributed by atoms with Crippen LogP contribution in [0, 0.1) is 0 Å². The lowest BCUT2D eigenvalue weighted by molar-refractivity contribution is 0.700. The molecule has 0 radical (unpaired) electrons. The van der Waals surface area contributed by atoms with Crippen molar-refractivity contribution in [1.29, 1.82) is 0 Å². The van der Waals surface area contributed by atoms with Crippen molar-refractivity contribution in [2.75, 3.05) is 6.54 Å². The Hall–Kier alpha value is -0.500. The number of hydrazine groups is 1. The van der Waals surface area contributed by atoms with Gasteiger partial charge in [0.25, 0.3) is 0 Å². The average Bonchev–Trinajstić information content (AvgIpc) is 1.86. The summed E-state index contributed by atoms with van der Waals surface area (Å²) in [5, 5.41) is 0. The molecule has 0 aromatic heterocycles. The Labute approximate surface area is 37.2 Å². The van der Waals surface area contributed by atoms with Crippen LogP contribution in [0.25, 0.3) is 0 Å². The Morgan fingerprint density at radius 1 is 1.83 bits per heavy atom. The van der Waals surface area contributed by atoms with E-state index in [1.54, 1.807) is 0 Å². The van der Waals surface area contributed by atoms with E-state index in [1.807, 2.05) is 6.92 Å². The van der Waals surface area contributed by atoms with E-state index < -0.39 is 0 Å². The van der Waals surface area contributed by atoms with Gasteiger partial charge in [-0.2, -0.15) is 0 Å². The summed E-state index contributed by atoms with van der Waals surface area (Å²) in [6.07, 6.45) is 2.10. The first kappa shape index (κ1) is 3.68. The molecule has 0 saturated carbocycles. The van der Waals surface area contributed by atoms with Crippen molar-refractivity contribution in [3.63, 3.8) is 0 Å². The van der Waals surface area contributed by atoms with Crippen LogP contribution in [-0.4, -0.2) is 6.54 Å². The molecule has 0 amide bonds. The molecule has 6 heavy (non-hydrogen) atoms. The van der Waals surface area contributed by atoms with Crippen molar-refractivity contribution in [3.05, 3.63) is 11.8 Å². The Bertz CT molecular complexity index is 75.6. The number of hydrogen-bond donors (Lipinski definition) is 2. The Morgan fingerprint density at radius 3 is 2.83 bits per heavy atom. The third-order valence-corrected chi connectivity index (χ3v) is 0.796. The van der Waals surface area contributed by atoms with Crippen LogP contribution in [0.2, 0.25) is 0 Å². The highest BCUT2D eigenvalue weighted by Crippen LogP contribution is 1.85. The van der Waals surface area contributed by atoms with Crippen LogP contribution in [0.5, 0.6) is 0 Å². The predicted molar refractivity (Wildman–Crippen MR) is 24.9 cm³/mol. The highest BCUT2D eigenvalue weighted by Gasteiger charge is 1.90. The highest BCUT2D eigenvalue weighted by molar-refractivity contribution is 4.99. The first-order chi connectivity index (χ1) is 2.89. The van der Waals surface area contributed by atoms with Gasteiger partial charge in [-0.25, -0.2) is 5.43 Å². The molecule has 0 spiro atoms. The maximum absolute atomic E-state index is 2.93. The second-order valence-corrected chi connectivity index (χ2v) is 1.39. The lowest BCUT2D eigenvalue weighted by Crippen LogP contribution is -2.22. The first-order valence-electron chi connectivity index (χ1n) is 2.05. The van der Waals surface area contributed by atoms with Crippen molar-refractivity contribution in [2.45, 2.75) is 6.92 Å². The van der Waals surface area contributed by atoms with Crippen molar-refractivity contribution < 1.29 is 0 Å². The summed E-state index contributed by atoms with van der Waals surface area (Å²) in [6, 6.07) is 0. The number of nitrogens with one attached hydrogen (secondary N) is 2. The third-order valence-electron chi connectivity index (χ3n) is 0.796. The largest absolute Gasteiger partial charge is 0.326 e. The molecule has 0 bridgehead atoms. The molecule has 0 unspecified atom stereocenters. The minimum absolute atomic E-state index is 0.964. The lowest BCUT2D eigenvalue weighted by Gasteiger charge is -1.91. The van der Waals surface area contributed by atoms with Gasteiger partial charge >= 0.3 is 0 Å². The Balaban J connectivity index is 2.45. The Kier molecular flexibility index (Phi) is 0.801. The van der Waals surface area contributed by atoms with Gasteiger partial charge in [-0.1, -0.05) is 0 Å². The molecule has 0 aromatic carbocycles. The third kappa shape index (κ3) is 0.518. The van der Waals surface area contributed by atoms with Crippen LogP contribution < -0.4 is 10.9 Å². The van der Waals surface area contributed by atoms with Crippen LogP contribution in [0.1, 0.15) is 6.92 Å². The van der Waals surface area contributed by atoms with E-state index in [1.165, 1.54) is 5.70 Å². The van der Waals surface area contributed by atoms with E-state index >= 15 is 0 Å². The van der Waals surface area contributed by atoms with E-state index in [2.05, 4.69) is 16.9 Å². The van der Waals surface area contributed by atoms with Gasteiger partial charge in [-0.3, -0.25) is 0 Å². The van der Waals surface area contributed by atoms with Crippen LogP contribution >= 0.6 is 0 Å². The minimum Gasteiger partial charge on any atom is -0.326 e. The molecule has 1 aliphatic heterocycles. The van der Waals surface area contributed by atoms with Gasteiger partial charge in [0.15, 0.2) is 0 Å². The van der Waals surface area contributed by atoms with Gasteiger partial charge in [0.2, 0.25) is 0 Å². The molecule has 0 aliphatic carbocycles. The van der Waals surface area contributed by atoms with Crippen molar-refractivity contribution in [2.24, 2.45) is 0 Å². The Morgan fingerprint density at radius 2 is 2.67 bits per heavy atom. The molecule has 0 fully saturated rings. The zero-order valence-electron chi connectivity index (χ0n) is 3.78. The molecule has 0 aromatic rings. The molecule has 2 nitrogen and oxygen atoms in total. The van der Waals surface area contributed by atoms with E-state index in [-0.39, 0.29) is 0 Å². The minimum atomic E-state index is 0.964. The lowest BCUT2D eigenvalue weighted by atomic mass is 10.5. The summed E-state index contributed by atoms with van der Waals surface area (Å²) < 4.78 is 0. The van der Waals surface area contributed by atoms with Gasteiger partial charge < -0.3 is 5.43 Å². The fraction of sp³-hybridized carbons (Fsp3) is 0.500. The van der Waals surface area contributed by atoms with Crippen LogP contribution in [-0.2, 0) is 0 Å². The molecule has 1 rings (SSSR count). The fourth-order valence-corrected chi connectivity index (χ4v) is 0.446. The maximum Gasteiger partial charge on any atom is 0.0348 e. The normalized spacial score (nSPS) is 19.8. The smallest absolute Gasteiger partial charge is 0.0348 e. The number of allylic oxidation sites excluding steroid dienone is 1. The van der Waals surface area contributed by atoms with Crippen molar-refractivity contribution in [3.8, 4) is 0 Å². The summed E-state index contributed by atoms with van der Waals surface area (Å²) in [5.41, 5.74) is 7.08. The summed E-state index contributed by atoms with van der Waals surface area (Å²) >= 11 is 0. The highest BCUT2D eigenvalue weighted by atomic mass is 15.4. The summed E-state index contributed by atoms with van der Waals surface area (Å²) in [4.78, 5) is 0. The van der Waals surface area contributed by atoms with E-state index in [4.69, 9.17) is 0 Å². The monoisotopic (exact) mass is 84.1 g/mol. The molecular weight excluding hydrogens is 76.1 g/mol. The predicted octanol–water partition coefficient (Wildman–Crippen LogP) is -0.00200. The van der Waals surface area contributed by atoms with Crippen LogP contribution in [0.3, 0.4) is 0 Å². The van der Waals surface area contributed by atoms with Gasteiger partial charge in [0, 0.05) is 12.2 Å². The van der Waals surface area contributed by atoms with Crippen LogP contribution in [0.15, 0.2) is 11.8 Å². The average molecular weight is 84.1 g/mol. The topological polar surface area (TPSA) is 24.1 Å². The van der Waals surface area contributed by atoms with E-state index in [0.717, 1.165) is 6.54 Å². The number of hydrogen-bond acceptors (Lipinski definition) is 2. The first-order valence-corrected chi connectivity index (χ1v) is 2.05. The van der Waals surface area contributed by atoms with Gasteiger partial charge in [0.1, 0.15) is 0 Å². The summed E-state index contributed by atoms with van der Waals surface area (Å²) in [5.74, 6) is 0. The standard InChI is InChI=1S/C4H8N2/c1-4-2-3-5-6-4/h2,5-6H,3H2,1H3. The zero-order chi connectivity index (χ0) is 4.41. The van der Waals surface area contributed by atoms with Gasteiger partial charge in [-0.05, 0) is 13.0 Å². The van der Waals surface area contributed by atoms with Gasteiger partial charge in [0.05, 0.1) is 0 Å². The van der Waals surface area contributed by atoms with Gasteiger partial charge in [-0.15, -0.1) is 0 Å². The maximum atomic E-state index is 2.93. The van der Waals surface area contributed by atoms with E-state index in [0.29, 0.717) is 0 Å². The second kappa shape index (κ2) is 1.30. The molecule has 0 saturated heterocycles. The molecule has 2 N–H and O–H groups in total. The van der Waals surface area contributed by atoms with E-state index in [9.17, 15) is 0 Å². The molecule has 2 heteroatoms. The molecule has 1 aliphatic rings. The molecule has 1 heterocycles. The SMILES string of the molecule is CC1=CCNN1. The zero-order valence-corrected chi connectivity index (χ0v) is 3.78. The molecule has 34 valence electrons. The van der Waals surface area contributed by atoms with Crippen molar-refractivity contribution >= 4 is 0 Å². The van der Waals surface area contributed by atoms with Crippen molar-refractivity contribution in [1.82, 2.24) is 10.9 Å². The number of rotatable bonds is 0. The second-order valence-electron chi connectivity index (χ2n) is 1.39. The summed E-state index contributed by atoms with van der Waals surface area (Å²) in [6.45, 7) is 2.99. The fourth-order valence-electron chi connectivity index (χ4n) is 0.446. The molecular formula is C4H8N2. The molecule has 0 atom stereocenters.